The first-order chi connectivity index (χ1) is 10.1. The first kappa shape index (κ1) is 15.8. The third-order valence-electron chi connectivity index (χ3n) is 3.67. The lowest BCUT2D eigenvalue weighted by atomic mass is 9.93. The third kappa shape index (κ3) is 4.43. The van der Waals surface area contributed by atoms with E-state index < -0.39 is 0 Å². The van der Waals surface area contributed by atoms with Crippen molar-refractivity contribution in [3.63, 3.8) is 0 Å². The molecule has 110 valence electrons. The van der Waals surface area contributed by atoms with E-state index in [1.165, 1.54) is 0 Å². The number of benzene rings is 2. The highest BCUT2D eigenvalue weighted by molar-refractivity contribution is 9.10. The molecule has 0 heterocycles. The summed E-state index contributed by atoms with van der Waals surface area (Å²) in [5, 5.41) is 0. The number of hydrogen-bond acceptors (Lipinski definition) is 2. The highest BCUT2D eigenvalue weighted by Crippen LogP contribution is 2.21. The lowest BCUT2D eigenvalue weighted by Crippen LogP contribution is -2.10. The van der Waals surface area contributed by atoms with Crippen molar-refractivity contribution in [2.75, 3.05) is 7.11 Å². The SMILES string of the molecule is COc1ccc(CCC(=O)[C@H](C)c2ccc(Br)cc2)cc1. The van der Waals surface area contributed by atoms with Crippen LogP contribution in [0.5, 0.6) is 5.75 Å². The van der Waals surface area contributed by atoms with Crippen LogP contribution in [0.25, 0.3) is 0 Å². The van der Waals surface area contributed by atoms with Gasteiger partial charge in [0.05, 0.1) is 7.11 Å². The Bertz CT molecular complexity index is 588. The van der Waals surface area contributed by atoms with Gasteiger partial charge in [0.25, 0.3) is 0 Å². The molecule has 2 rings (SSSR count). The van der Waals surface area contributed by atoms with Crippen LogP contribution in [0.4, 0.5) is 0 Å². The normalized spacial score (nSPS) is 12.0. The van der Waals surface area contributed by atoms with E-state index in [0.717, 1.165) is 27.8 Å². The molecule has 0 N–H and O–H groups in total. The predicted octanol–water partition coefficient (Wildman–Crippen LogP) is 4.76. The van der Waals surface area contributed by atoms with Crippen molar-refractivity contribution < 1.29 is 9.53 Å². The highest BCUT2D eigenvalue weighted by atomic mass is 79.9. The maximum absolute atomic E-state index is 12.3. The van der Waals surface area contributed by atoms with Crippen molar-refractivity contribution in [2.45, 2.75) is 25.7 Å². The lowest BCUT2D eigenvalue weighted by Gasteiger charge is -2.11. The standard InChI is InChI=1S/C18H19BrO2/c1-13(15-6-8-16(19)9-7-15)18(20)12-5-14-3-10-17(21-2)11-4-14/h3-4,6-11,13H,5,12H2,1-2H3/t13-/m1/s1. The zero-order valence-corrected chi connectivity index (χ0v) is 13.9. The molecule has 0 aromatic heterocycles. The van der Waals surface area contributed by atoms with Crippen LogP contribution in [-0.4, -0.2) is 12.9 Å². The minimum absolute atomic E-state index is 0.0589. The number of methoxy groups -OCH3 is 1. The Morgan fingerprint density at radius 2 is 1.71 bits per heavy atom. The second-order valence-corrected chi connectivity index (χ2v) is 6.00. The third-order valence-corrected chi connectivity index (χ3v) is 4.20. The molecule has 21 heavy (non-hydrogen) atoms. The van der Waals surface area contributed by atoms with Crippen LogP contribution in [0.3, 0.4) is 0 Å². The molecular formula is C18H19BrO2. The number of carbonyl (C=O) groups excluding carboxylic acids is 1. The summed E-state index contributed by atoms with van der Waals surface area (Å²) in [7, 11) is 1.65. The molecule has 2 nitrogen and oxygen atoms in total. The molecule has 0 spiro atoms. The molecule has 0 saturated carbocycles. The number of aryl methyl sites for hydroxylation is 1. The molecular weight excluding hydrogens is 328 g/mol. The van der Waals surface area contributed by atoms with Gasteiger partial charge in [-0.1, -0.05) is 47.1 Å². The van der Waals surface area contributed by atoms with Gasteiger partial charge < -0.3 is 4.74 Å². The van der Waals surface area contributed by atoms with Crippen molar-refractivity contribution >= 4 is 21.7 Å². The topological polar surface area (TPSA) is 26.3 Å². The molecule has 3 heteroatoms. The molecule has 0 amide bonds. The van der Waals surface area contributed by atoms with E-state index in [-0.39, 0.29) is 11.7 Å². The second kappa shape index (κ2) is 7.41. The minimum atomic E-state index is -0.0589. The van der Waals surface area contributed by atoms with Gasteiger partial charge in [-0.25, -0.2) is 0 Å². The Balaban J connectivity index is 1.92. The van der Waals surface area contributed by atoms with E-state index in [9.17, 15) is 4.79 Å². The number of Topliss-reactive ketones (excluding diaryl/α,β-unsaturated/α-hetero) is 1. The van der Waals surface area contributed by atoms with Gasteiger partial charge in [0.2, 0.25) is 0 Å². The van der Waals surface area contributed by atoms with Gasteiger partial charge in [0, 0.05) is 16.8 Å². The van der Waals surface area contributed by atoms with Gasteiger partial charge in [-0.3, -0.25) is 4.79 Å². The van der Waals surface area contributed by atoms with Crippen molar-refractivity contribution in [3.8, 4) is 5.75 Å². The average Bonchev–Trinajstić information content (AvgIpc) is 2.53. The largest absolute Gasteiger partial charge is 0.497 e. The maximum atomic E-state index is 12.3. The van der Waals surface area contributed by atoms with E-state index in [2.05, 4.69) is 15.9 Å². The van der Waals surface area contributed by atoms with Crippen LogP contribution in [-0.2, 0) is 11.2 Å². The fourth-order valence-electron chi connectivity index (χ4n) is 2.21. The number of ether oxygens (including phenoxy) is 1. The average molecular weight is 347 g/mol. The second-order valence-electron chi connectivity index (χ2n) is 5.09. The van der Waals surface area contributed by atoms with Crippen molar-refractivity contribution in [1.82, 2.24) is 0 Å². The number of rotatable bonds is 6. The van der Waals surface area contributed by atoms with Crippen LogP contribution in [0.15, 0.2) is 53.0 Å². The molecule has 2 aromatic rings. The van der Waals surface area contributed by atoms with Gasteiger partial charge in [-0.2, -0.15) is 0 Å². The van der Waals surface area contributed by atoms with Crippen molar-refractivity contribution in [1.29, 1.82) is 0 Å². The van der Waals surface area contributed by atoms with E-state index >= 15 is 0 Å². The number of hydrogen-bond donors (Lipinski definition) is 0. The number of ketones is 1. The fraction of sp³-hybridized carbons (Fsp3) is 0.278. The first-order valence-electron chi connectivity index (χ1n) is 7.01. The maximum Gasteiger partial charge on any atom is 0.140 e. The summed E-state index contributed by atoms with van der Waals surface area (Å²) >= 11 is 3.41. The zero-order chi connectivity index (χ0) is 15.2. The number of halogens is 1. The highest BCUT2D eigenvalue weighted by Gasteiger charge is 2.14. The molecule has 0 radical (unpaired) electrons. The Morgan fingerprint density at radius 3 is 2.29 bits per heavy atom. The van der Waals surface area contributed by atoms with Crippen LogP contribution in [0, 0.1) is 0 Å². The Kier molecular flexibility index (Phi) is 5.57. The Labute approximate surface area is 134 Å². The van der Waals surface area contributed by atoms with Crippen LogP contribution >= 0.6 is 15.9 Å². The lowest BCUT2D eigenvalue weighted by molar-refractivity contribution is -0.120. The van der Waals surface area contributed by atoms with Gasteiger partial charge in [0.15, 0.2) is 0 Å². The summed E-state index contributed by atoms with van der Waals surface area (Å²) in [5.41, 5.74) is 2.23. The minimum Gasteiger partial charge on any atom is -0.497 e. The summed E-state index contributed by atoms with van der Waals surface area (Å²) in [6.45, 7) is 1.97. The Morgan fingerprint density at radius 1 is 1.10 bits per heavy atom. The Hall–Kier alpha value is -1.61. The van der Waals surface area contributed by atoms with Gasteiger partial charge in [-0.05, 0) is 41.8 Å². The fourth-order valence-corrected chi connectivity index (χ4v) is 2.48. The summed E-state index contributed by atoms with van der Waals surface area (Å²) < 4.78 is 6.16. The van der Waals surface area contributed by atoms with Crippen molar-refractivity contribution in [3.05, 3.63) is 64.1 Å². The predicted molar refractivity (Wildman–Crippen MR) is 88.9 cm³/mol. The first-order valence-corrected chi connectivity index (χ1v) is 7.80. The summed E-state index contributed by atoms with van der Waals surface area (Å²) in [5.74, 6) is 1.05. The van der Waals surface area contributed by atoms with Crippen molar-refractivity contribution in [2.24, 2.45) is 0 Å². The van der Waals surface area contributed by atoms with Gasteiger partial charge >= 0.3 is 0 Å². The molecule has 2 aromatic carbocycles. The van der Waals surface area contributed by atoms with E-state index in [4.69, 9.17) is 4.74 Å². The van der Waals surface area contributed by atoms with Crippen LogP contribution in [0.1, 0.15) is 30.4 Å². The summed E-state index contributed by atoms with van der Waals surface area (Å²) in [6.07, 6.45) is 1.33. The van der Waals surface area contributed by atoms with Crippen LogP contribution < -0.4 is 4.74 Å². The van der Waals surface area contributed by atoms with E-state index in [0.29, 0.717) is 6.42 Å². The van der Waals surface area contributed by atoms with Gasteiger partial charge in [0.1, 0.15) is 11.5 Å². The zero-order valence-electron chi connectivity index (χ0n) is 12.3. The monoisotopic (exact) mass is 346 g/mol. The quantitative estimate of drug-likeness (QED) is 0.753. The molecule has 0 saturated heterocycles. The molecule has 0 unspecified atom stereocenters. The summed E-state index contributed by atoms with van der Waals surface area (Å²) in [4.78, 5) is 12.3. The molecule has 0 aliphatic carbocycles. The molecule has 0 bridgehead atoms. The van der Waals surface area contributed by atoms with Crippen LogP contribution in [0.2, 0.25) is 0 Å². The molecule has 1 atom stereocenters. The van der Waals surface area contributed by atoms with Gasteiger partial charge in [-0.15, -0.1) is 0 Å². The number of carbonyl (C=O) groups is 1. The molecule has 0 fully saturated rings. The van der Waals surface area contributed by atoms with E-state index in [1.54, 1.807) is 7.11 Å². The summed E-state index contributed by atoms with van der Waals surface area (Å²) in [6, 6.07) is 15.8. The van der Waals surface area contributed by atoms with E-state index in [1.807, 2.05) is 55.5 Å². The smallest absolute Gasteiger partial charge is 0.140 e. The molecule has 0 aliphatic rings. The molecule has 0 aliphatic heterocycles.